The van der Waals surface area contributed by atoms with Crippen LogP contribution in [0.15, 0.2) is 27.8 Å². The first kappa shape index (κ1) is 18.6. The number of aliphatic imine (C=N–C) groups is 1. The molecule has 1 aromatic heterocycles. The Morgan fingerprint density at radius 1 is 1.48 bits per heavy atom. The summed E-state index contributed by atoms with van der Waals surface area (Å²) in [4.78, 5) is 6.60. The molecule has 0 bridgehead atoms. The third-order valence-corrected chi connectivity index (χ3v) is 5.08. The summed E-state index contributed by atoms with van der Waals surface area (Å²) < 4.78 is 5.31. The third-order valence-electron chi connectivity index (χ3n) is 3.85. The van der Waals surface area contributed by atoms with E-state index in [1.165, 1.54) is 17.9 Å². The summed E-state index contributed by atoms with van der Waals surface area (Å²) in [5.74, 6) is 4.13. The van der Waals surface area contributed by atoms with Gasteiger partial charge in [-0.15, -0.1) is 24.0 Å². The molecule has 7 heteroatoms. The molecule has 0 saturated carbocycles. The van der Waals surface area contributed by atoms with E-state index >= 15 is 0 Å². The number of rotatable bonds is 5. The standard InChI is InChI=1S/C14H24N4OS.HI/c1-15-13(16-9-12-5-4-7-19-12)17-10-14(18(2)3)6-8-20-11-14;/h4-5,7H,6,8-11H2,1-3H3,(H2,15,16,17);1H. The van der Waals surface area contributed by atoms with Crippen LogP contribution in [0.4, 0.5) is 0 Å². The summed E-state index contributed by atoms with van der Waals surface area (Å²) >= 11 is 2.02. The van der Waals surface area contributed by atoms with Gasteiger partial charge in [0.25, 0.3) is 0 Å². The van der Waals surface area contributed by atoms with Crippen LogP contribution in [0.1, 0.15) is 12.2 Å². The number of halogens is 1. The molecule has 21 heavy (non-hydrogen) atoms. The molecule has 0 radical (unpaired) electrons. The molecular formula is C14H25IN4OS. The molecule has 1 aromatic rings. The van der Waals surface area contributed by atoms with Gasteiger partial charge >= 0.3 is 0 Å². The van der Waals surface area contributed by atoms with Crippen LogP contribution in [0.5, 0.6) is 0 Å². The average molecular weight is 424 g/mol. The van der Waals surface area contributed by atoms with E-state index in [1.807, 2.05) is 23.9 Å². The lowest BCUT2D eigenvalue weighted by Crippen LogP contribution is -2.54. The molecule has 0 aliphatic carbocycles. The summed E-state index contributed by atoms with van der Waals surface area (Å²) in [6.45, 7) is 1.56. The maximum absolute atomic E-state index is 5.31. The highest BCUT2D eigenvalue weighted by atomic mass is 127. The SMILES string of the molecule is CN=C(NCc1ccco1)NCC1(N(C)C)CCSC1.I. The number of hydrogen-bond donors (Lipinski definition) is 2. The minimum Gasteiger partial charge on any atom is -0.467 e. The average Bonchev–Trinajstić information content (AvgIpc) is 3.10. The van der Waals surface area contributed by atoms with Gasteiger partial charge in [0.15, 0.2) is 5.96 Å². The van der Waals surface area contributed by atoms with E-state index in [0.717, 1.165) is 18.3 Å². The van der Waals surface area contributed by atoms with Crippen LogP contribution in [0.25, 0.3) is 0 Å². The normalized spacial score (nSPS) is 22.2. The van der Waals surface area contributed by atoms with Crippen LogP contribution >= 0.6 is 35.7 Å². The van der Waals surface area contributed by atoms with Crippen LogP contribution < -0.4 is 10.6 Å². The van der Waals surface area contributed by atoms with Crippen molar-refractivity contribution in [3.05, 3.63) is 24.2 Å². The molecule has 2 N–H and O–H groups in total. The Hall–Kier alpha value is -0.410. The Kier molecular flexibility index (Phi) is 7.89. The number of furan rings is 1. The lowest BCUT2D eigenvalue weighted by molar-refractivity contribution is 0.183. The fourth-order valence-corrected chi connectivity index (χ4v) is 3.85. The monoisotopic (exact) mass is 424 g/mol. The van der Waals surface area contributed by atoms with Crippen LogP contribution in [0.2, 0.25) is 0 Å². The van der Waals surface area contributed by atoms with E-state index in [-0.39, 0.29) is 29.5 Å². The first-order chi connectivity index (χ1) is 9.66. The van der Waals surface area contributed by atoms with Gasteiger partial charge in [0.2, 0.25) is 0 Å². The Labute approximate surface area is 148 Å². The van der Waals surface area contributed by atoms with E-state index in [1.54, 1.807) is 13.3 Å². The van der Waals surface area contributed by atoms with Crippen LogP contribution in [0, 0.1) is 0 Å². The van der Waals surface area contributed by atoms with Crippen molar-refractivity contribution in [3.63, 3.8) is 0 Å². The summed E-state index contributed by atoms with van der Waals surface area (Å²) in [6, 6.07) is 3.85. The Morgan fingerprint density at radius 3 is 2.81 bits per heavy atom. The number of guanidine groups is 1. The summed E-state index contributed by atoms with van der Waals surface area (Å²) in [7, 11) is 6.11. The van der Waals surface area contributed by atoms with Gasteiger partial charge in [-0.2, -0.15) is 11.8 Å². The molecule has 0 aromatic carbocycles. The second-order valence-corrected chi connectivity index (χ2v) is 6.39. The van der Waals surface area contributed by atoms with Crippen LogP contribution in [-0.2, 0) is 6.54 Å². The Morgan fingerprint density at radius 2 is 2.29 bits per heavy atom. The Bertz CT molecular complexity index is 430. The molecule has 0 amide bonds. The second-order valence-electron chi connectivity index (χ2n) is 5.28. The maximum Gasteiger partial charge on any atom is 0.191 e. The molecule has 1 unspecified atom stereocenters. The predicted octanol–water partition coefficient (Wildman–Crippen LogP) is 2.00. The molecule has 1 aliphatic rings. The molecule has 1 fully saturated rings. The minimum atomic E-state index is 0. The van der Waals surface area contributed by atoms with Gasteiger partial charge in [-0.25, -0.2) is 0 Å². The van der Waals surface area contributed by atoms with E-state index in [0.29, 0.717) is 6.54 Å². The number of nitrogens with zero attached hydrogens (tertiary/aromatic N) is 2. The highest BCUT2D eigenvalue weighted by molar-refractivity contribution is 14.0. The smallest absolute Gasteiger partial charge is 0.191 e. The summed E-state index contributed by atoms with van der Waals surface area (Å²) in [5, 5.41) is 6.71. The number of likely N-dealkylation sites (N-methyl/N-ethyl adjacent to an activating group) is 1. The molecule has 2 rings (SSSR count). The first-order valence-corrected chi connectivity index (χ1v) is 8.04. The molecule has 1 atom stereocenters. The molecule has 5 nitrogen and oxygen atoms in total. The van der Waals surface area contributed by atoms with Gasteiger partial charge in [0.1, 0.15) is 5.76 Å². The van der Waals surface area contributed by atoms with Crippen LogP contribution in [-0.4, -0.2) is 55.6 Å². The summed E-state index contributed by atoms with van der Waals surface area (Å²) in [5.41, 5.74) is 0.229. The zero-order valence-electron chi connectivity index (χ0n) is 12.9. The van der Waals surface area contributed by atoms with Crippen molar-refractivity contribution in [2.75, 3.05) is 39.2 Å². The zero-order valence-corrected chi connectivity index (χ0v) is 16.0. The van der Waals surface area contributed by atoms with Crippen molar-refractivity contribution < 1.29 is 4.42 Å². The van der Waals surface area contributed by atoms with Crippen LogP contribution in [0.3, 0.4) is 0 Å². The fraction of sp³-hybridized carbons (Fsp3) is 0.643. The number of hydrogen-bond acceptors (Lipinski definition) is 4. The number of nitrogens with one attached hydrogen (secondary N) is 2. The maximum atomic E-state index is 5.31. The van der Waals surface area contributed by atoms with Crippen molar-refractivity contribution in [2.24, 2.45) is 4.99 Å². The van der Waals surface area contributed by atoms with Crippen molar-refractivity contribution in [3.8, 4) is 0 Å². The first-order valence-electron chi connectivity index (χ1n) is 6.88. The lowest BCUT2D eigenvalue weighted by Gasteiger charge is -2.36. The van der Waals surface area contributed by atoms with Crippen molar-refractivity contribution in [1.29, 1.82) is 0 Å². The van der Waals surface area contributed by atoms with Crippen molar-refractivity contribution in [2.45, 2.75) is 18.5 Å². The second kappa shape index (κ2) is 8.89. The molecule has 2 heterocycles. The predicted molar refractivity (Wildman–Crippen MR) is 101 cm³/mol. The van der Waals surface area contributed by atoms with Gasteiger partial charge in [0, 0.05) is 24.9 Å². The molecule has 0 spiro atoms. The van der Waals surface area contributed by atoms with Gasteiger partial charge in [-0.05, 0) is 38.4 Å². The van der Waals surface area contributed by atoms with Gasteiger partial charge < -0.3 is 20.0 Å². The highest BCUT2D eigenvalue weighted by Gasteiger charge is 2.36. The third kappa shape index (κ3) is 5.07. The zero-order chi connectivity index (χ0) is 14.4. The highest BCUT2D eigenvalue weighted by Crippen LogP contribution is 2.31. The van der Waals surface area contributed by atoms with E-state index < -0.39 is 0 Å². The molecule has 1 aliphatic heterocycles. The number of thioether (sulfide) groups is 1. The fourth-order valence-electron chi connectivity index (χ4n) is 2.30. The molecular weight excluding hydrogens is 399 g/mol. The summed E-state index contributed by atoms with van der Waals surface area (Å²) in [6.07, 6.45) is 2.90. The Balaban J connectivity index is 0.00000220. The largest absolute Gasteiger partial charge is 0.467 e. The van der Waals surface area contributed by atoms with Crippen molar-refractivity contribution in [1.82, 2.24) is 15.5 Å². The molecule has 120 valence electrons. The van der Waals surface area contributed by atoms with E-state index in [4.69, 9.17) is 4.42 Å². The van der Waals surface area contributed by atoms with E-state index in [9.17, 15) is 0 Å². The molecule has 1 saturated heterocycles. The van der Waals surface area contributed by atoms with Gasteiger partial charge in [0.05, 0.1) is 12.8 Å². The quantitative estimate of drug-likeness (QED) is 0.430. The lowest BCUT2D eigenvalue weighted by atomic mass is 9.97. The van der Waals surface area contributed by atoms with Gasteiger partial charge in [-0.3, -0.25) is 4.99 Å². The van der Waals surface area contributed by atoms with Crippen molar-refractivity contribution >= 4 is 41.7 Å². The topological polar surface area (TPSA) is 52.8 Å². The van der Waals surface area contributed by atoms with E-state index in [2.05, 4.69) is 34.6 Å². The van der Waals surface area contributed by atoms with Gasteiger partial charge in [-0.1, -0.05) is 0 Å². The minimum absolute atomic E-state index is 0.